The Morgan fingerprint density at radius 3 is 2.58 bits per heavy atom. The smallest absolute Gasteiger partial charge is 0.263 e. The van der Waals surface area contributed by atoms with E-state index in [1.165, 1.54) is 0 Å². The zero-order chi connectivity index (χ0) is 16.9. The van der Waals surface area contributed by atoms with Crippen LogP contribution >= 0.6 is 15.9 Å². The fraction of sp³-hybridized carbons (Fsp3) is 0.111. The number of carbonyl (C=O) groups is 1. The largest absolute Gasteiger partial charge is 0.484 e. The summed E-state index contributed by atoms with van der Waals surface area (Å²) >= 11 is 3.42. The molecular weight excluding hydrogens is 370 g/mol. The number of anilines is 1. The number of para-hydroxylation sites is 1. The molecule has 3 rings (SSSR count). The maximum atomic E-state index is 12.1. The topological polar surface area (TPSA) is 67.0 Å². The number of benzene rings is 2. The van der Waals surface area contributed by atoms with Gasteiger partial charge < -0.3 is 10.1 Å². The van der Waals surface area contributed by atoms with Crippen molar-refractivity contribution >= 4 is 27.7 Å². The molecule has 3 aromatic rings. The van der Waals surface area contributed by atoms with Crippen molar-refractivity contribution in [2.24, 2.45) is 0 Å². The van der Waals surface area contributed by atoms with Crippen LogP contribution in [0.15, 0.2) is 59.1 Å². The monoisotopic (exact) mass is 385 g/mol. The highest BCUT2D eigenvalue weighted by Gasteiger charge is 2.15. The standard InChI is InChI=1S/C18H16BrN3O2/c1-12-17(13-7-9-14(19)10-8-13)18(22-21-12)20-16(23)11-24-15-5-3-2-4-6-15/h2-10H,11H2,1H3,(H2,20,21,22,23). The van der Waals surface area contributed by atoms with Gasteiger partial charge in [0, 0.05) is 15.7 Å². The van der Waals surface area contributed by atoms with Crippen molar-refractivity contribution in [2.75, 3.05) is 11.9 Å². The maximum absolute atomic E-state index is 12.1. The Hall–Kier alpha value is -2.60. The van der Waals surface area contributed by atoms with Crippen LogP contribution in [0.5, 0.6) is 5.75 Å². The quantitative estimate of drug-likeness (QED) is 0.692. The molecule has 0 aliphatic heterocycles. The highest BCUT2D eigenvalue weighted by Crippen LogP contribution is 2.30. The minimum atomic E-state index is -0.260. The van der Waals surface area contributed by atoms with Gasteiger partial charge in [0.25, 0.3) is 5.91 Å². The van der Waals surface area contributed by atoms with E-state index in [9.17, 15) is 4.79 Å². The van der Waals surface area contributed by atoms with E-state index in [0.717, 1.165) is 21.3 Å². The molecule has 0 aliphatic carbocycles. The van der Waals surface area contributed by atoms with E-state index in [-0.39, 0.29) is 12.5 Å². The van der Waals surface area contributed by atoms with E-state index < -0.39 is 0 Å². The van der Waals surface area contributed by atoms with Crippen molar-refractivity contribution in [2.45, 2.75) is 6.92 Å². The number of hydrogen-bond donors (Lipinski definition) is 2. The Balaban J connectivity index is 1.71. The number of aromatic nitrogens is 2. The number of halogens is 1. The van der Waals surface area contributed by atoms with Crippen LogP contribution in [0.3, 0.4) is 0 Å². The number of carbonyl (C=O) groups excluding carboxylic acids is 1. The second-order valence-corrected chi connectivity index (χ2v) is 6.14. The number of aryl methyl sites for hydroxylation is 1. The summed E-state index contributed by atoms with van der Waals surface area (Å²) in [4.78, 5) is 12.1. The van der Waals surface area contributed by atoms with Crippen LogP contribution in [0.25, 0.3) is 11.1 Å². The Kier molecular flexibility index (Phi) is 4.96. The summed E-state index contributed by atoms with van der Waals surface area (Å²) in [7, 11) is 0. The number of nitrogens with zero attached hydrogens (tertiary/aromatic N) is 1. The molecule has 1 aromatic heterocycles. The van der Waals surface area contributed by atoms with Crippen molar-refractivity contribution in [1.29, 1.82) is 0 Å². The summed E-state index contributed by atoms with van der Waals surface area (Å²) < 4.78 is 6.45. The first-order chi connectivity index (χ1) is 11.6. The van der Waals surface area contributed by atoms with Crippen LogP contribution in [-0.2, 0) is 4.79 Å². The van der Waals surface area contributed by atoms with Crippen LogP contribution in [-0.4, -0.2) is 22.7 Å². The number of rotatable bonds is 5. The number of nitrogens with one attached hydrogen (secondary N) is 2. The summed E-state index contributed by atoms with van der Waals surface area (Å²) in [6, 6.07) is 17.1. The molecule has 0 spiro atoms. The van der Waals surface area contributed by atoms with E-state index >= 15 is 0 Å². The maximum Gasteiger partial charge on any atom is 0.263 e. The van der Waals surface area contributed by atoms with Gasteiger partial charge in [0.15, 0.2) is 12.4 Å². The van der Waals surface area contributed by atoms with Gasteiger partial charge >= 0.3 is 0 Å². The van der Waals surface area contributed by atoms with Crippen molar-refractivity contribution in [1.82, 2.24) is 10.2 Å². The molecule has 2 aromatic carbocycles. The third-order valence-electron chi connectivity index (χ3n) is 3.45. The normalized spacial score (nSPS) is 10.4. The molecule has 2 N–H and O–H groups in total. The summed E-state index contributed by atoms with van der Waals surface area (Å²) in [5.41, 5.74) is 2.73. The first kappa shape index (κ1) is 16.3. The first-order valence-electron chi connectivity index (χ1n) is 7.42. The predicted molar refractivity (Wildman–Crippen MR) is 97.0 cm³/mol. The van der Waals surface area contributed by atoms with Crippen molar-refractivity contribution in [3.05, 3.63) is 64.8 Å². The summed E-state index contributed by atoms with van der Waals surface area (Å²) in [5, 5.41) is 9.89. The van der Waals surface area contributed by atoms with E-state index in [1.807, 2.05) is 49.4 Å². The molecule has 122 valence electrons. The Morgan fingerprint density at radius 1 is 1.17 bits per heavy atom. The lowest BCUT2D eigenvalue weighted by Crippen LogP contribution is -2.20. The highest BCUT2D eigenvalue weighted by atomic mass is 79.9. The lowest BCUT2D eigenvalue weighted by molar-refractivity contribution is -0.118. The summed E-state index contributed by atoms with van der Waals surface area (Å²) in [5.74, 6) is 0.888. The number of H-pyrrole nitrogens is 1. The van der Waals surface area contributed by atoms with E-state index in [1.54, 1.807) is 12.1 Å². The van der Waals surface area contributed by atoms with Gasteiger partial charge in [0.2, 0.25) is 0 Å². The fourth-order valence-corrected chi connectivity index (χ4v) is 2.59. The molecule has 0 saturated carbocycles. The molecule has 0 atom stereocenters. The lowest BCUT2D eigenvalue weighted by atomic mass is 10.1. The summed E-state index contributed by atoms with van der Waals surface area (Å²) in [6.45, 7) is 1.84. The number of ether oxygens (including phenoxy) is 1. The molecule has 0 unspecified atom stereocenters. The SMILES string of the molecule is Cc1[nH]nc(NC(=O)COc2ccccc2)c1-c1ccc(Br)cc1. The fourth-order valence-electron chi connectivity index (χ4n) is 2.32. The molecule has 1 amide bonds. The minimum Gasteiger partial charge on any atom is -0.484 e. The van der Waals surface area contributed by atoms with Crippen LogP contribution in [0, 0.1) is 6.92 Å². The molecule has 24 heavy (non-hydrogen) atoms. The third-order valence-corrected chi connectivity index (χ3v) is 3.98. The minimum absolute atomic E-state index is 0.0737. The Bertz CT molecular complexity index is 829. The molecule has 6 heteroatoms. The number of hydrogen-bond acceptors (Lipinski definition) is 3. The molecular formula is C18H16BrN3O2. The van der Waals surface area contributed by atoms with Crippen molar-refractivity contribution in [3.8, 4) is 16.9 Å². The van der Waals surface area contributed by atoms with Crippen LogP contribution in [0.1, 0.15) is 5.69 Å². The molecule has 5 nitrogen and oxygen atoms in total. The van der Waals surface area contributed by atoms with Gasteiger partial charge in [-0.25, -0.2) is 0 Å². The first-order valence-corrected chi connectivity index (χ1v) is 8.21. The molecule has 0 fully saturated rings. The third kappa shape index (κ3) is 3.83. The Morgan fingerprint density at radius 2 is 1.88 bits per heavy atom. The second kappa shape index (κ2) is 7.31. The van der Waals surface area contributed by atoms with Gasteiger partial charge in [-0.3, -0.25) is 9.89 Å². The number of amides is 1. The van der Waals surface area contributed by atoms with Crippen LogP contribution in [0.2, 0.25) is 0 Å². The van der Waals surface area contributed by atoms with E-state index in [0.29, 0.717) is 11.6 Å². The molecule has 1 heterocycles. The zero-order valence-corrected chi connectivity index (χ0v) is 14.6. The van der Waals surface area contributed by atoms with Gasteiger partial charge in [-0.1, -0.05) is 46.3 Å². The second-order valence-electron chi connectivity index (χ2n) is 5.23. The molecule has 0 saturated heterocycles. The van der Waals surface area contributed by atoms with Gasteiger partial charge in [0.1, 0.15) is 5.75 Å². The lowest BCUT2D eigenvalue weighted by Gasteiger charge is -2.08. The predicted octanol–water partition coefficient (Wildman–Crippen LogP) is 4.17. The van der Waals surface area contributed by atoms with Gasteiger partial charge in [-0.2, -0.15) is 5.10 Å². The summed E-state index contributed by atoms with van der Waals surface area (Å²) in [6.07, 6.45) is 0. The molecule has 0 radical (unpaired) electrons. The Labute approximate surface area is 148 Å². The average Bonchev–Trinajstić information content (AvgIpc) is 2.95. The molecule has 0 aliphatic rings. The van der Waals surface area contributed by atoms with Crippen molar-refractivity contribution < 1.29 is 9.53 Å². The number of aromatic amines is 1. The van der Waals surface area contributed by atoms with Gasteiger partial charge in [-0.15, -0.1) is 0 Å². The van der Waals surface area contributed by atoms with E-state index in [2.05, 4.69) is 31.4 Å². The van der Waals surface area contributed by atoms with Gasteiger partial charge in [0.05, 0.1) is 0 Å². The molecule has 0 bridgehead atoms. The van der Waals surface area contributed by atoms with Crippen molar-refractivity contribution in [3.63, 3.8) is 0 Å². The van der Waals surface area contributed by atoms with Crippen LogP contribution in [0.4, 0.5) is 5.82 Å². The van der Waals surface area contributed by atoms with Gasteiger partial charge in [-0.05, 0) is 36.8 Å². The highest BCUT2D eigenvalue weighted by molar-refractivity contribution is 9.10. The average molecular weight is 386 g/mol. The van der Waals surface area contributed by atoms with E-state index in [4.69, 9.17) is 4.74 Å². The van der Waals surface area contributed by atoms with Crippen LogP contribution < -0.4 is 10.1 Å². The zero-order valence-electron chi connectivity index (χ0n) is 13.0.